The zero-order valence-corrected chi connectivity index (χ0v) is 20.5. The van der Waals surface area contributed by atoms with Gasteiger partial charge in [0.2, 0.25) is 5.95 Å². The van der Waals surface area contributed by atoms with Crippen molar-refractivity contribution in [1.29, 1.82) is 0 Å². The first-order chi connectivity index (χ1) is 18.3. The summed E-state index contributed by atoms with van der Waals surface area (Å²) in [5.41, 5.74) is 5.98. The minimum absolute atomic E-state index is 0.514. The lowest BCUT2D eigenvalue weighted by atomic mass is 10.1. The highest BCUT2D eigenvalue weighted by Crippen LogP contribution is 2.28. The van der Waals surface area contributed by atoms with Crippen LogP contribution in [0.1, 0.15) is 11.1 Å². The number of anilines is 4. The molecule has 0 aliphatic carbocycles. The Morgan fingerprint density at radius 2 is 1.46 bits per heavy atom. The molecule has 0 spiro atoms. The number of nitrogens with one attached hydrogen (secondary N) is 2. The molecule has 2 N–H and O–H groups in total. The van der Waals surface area contributed by atoms with Crippen LogP contribution in [0.4, 0.5) is 23.1 Å². The second-order valence-corrected chi connectivity index (χ2v) is 9.07. The van der Waals surface area contributed by atoms with Gasteiger partial charge in [-0.1, -0.05) is 60.7 Å². The average molecular weight is 492 g/mol. The van der Waals surface area contributed by atoms with Gasteiger partial charge in [-0.05, 0) is 35.4 Å². The van der Waals surface area contributed by atoms with Crippen LogP contribution in [0.2, 0.25) is 0 Å². The molecule has 3 heterocycles. The van der Waals surface area contributed by atoms with Crippen molar-refractivity contribution in [3.63, 3.8) is 0 Å². The summed E-state index contributed by atoms with van der Waals surface area (Å²) >= 11 is 0. The van der Waals surface area contributed by atoms with Gasteiger partial charge in [0, 0.05) is 37.6 Å². The fourth-order valence-corrected chi connectivity index (χ4v) is 4.62. The van der Waals surface area contributed by atoms with E-state index < -0.39 is 0 Å². The predicted molar refractivity (Wildman–Crippen MR) is 147 cm³/mol. The van der Waals surface area contributed by atoms with E-state index in [1.807, 2.05) is 12.1 Å². The van der Waals surface area contributed by atoms with Crippen molar-refractivity contribution >= 4 is 34.3 Å². The second-order valence-electron chi connectivity index (χ2n) is 9.07. The quantitative estimate of drug-likeness (QED) is 0.311. The van der Waals surface area contributed by atoms with Gasteiger partial charge in [0.25, 0.3) is 0 Å². The third-order valence-corrected chi connectivity index (χ3v) is 6.50. The van der Waals surface area contributed by atoms with E-state index in [0.29, 0.717) is 24.7 Å². The van der Waals surface area contributed by atoms with Crippen molar-refractivity contribution in [1.82, 2.24) is 19.9 Å². The van der Waals surface area contributed by atoms with Gasteiger partial charge in [-0.2, -0.15) is 9.97 Å². The number of H-pyrrole nitrogens is 1. The molecule has 3 aromatic carbocycles. The molecule has 37 heavy (non-hydrogen) atoms. The maximum absolute atomic E-state index is 5.47. The summed E-state index contributed by atoms with van der Waals surface area (Å²) in [6, 6.07) is 29.3. The van der Waals surface area contributed by atoms with E-state index in [1.54, 1.807) is 6.33 Å². The molecule has 5 aromatic rings. The van der Waals surface area contributed by atoms with Crippen molar-refractivity contribution in [2.45, 2.75) is 13.1 Å². The SMILES string of the molecule is c1ccc(CN(Cc2ccccc2)c2nc(Nc3ccc(N4CCOCC4)cc3)nc3nc[nH]c23)cc1. The molecule has 6 rings (SSSR count). The first kappa shape index (κ1) is 23.0. The van der Waals surface area contributed by atoms with Crippen molar-refractivity contribution < 1.29 is 4.74 Å². The fraction of sp³-hybridized carbons (Fsp3) is 0.207. The lowest BCUT2D eigenvalue weighted by Crippen LogP contribution is -2.36. The summed E-state index contributed by atoms with van der Waals surface area (Å²) in [5.74, 6) is 1.32. The number of morpholine rings is 1. The van der Waals surface area contributed by atoms with Crippen molar-refractivity contribution in [3.8, 4) is 0 Å². The Labute approximate surface area is 216 Å². The Hall–Kier alpha value is -4.43. The summed E-state index contributed by atoms with van der Waals surface area (Å²) in [6.45, 7) is 4.76. The van der Waals surface area contributed by atoms with Crippen LogP contribution in [-0.2, 0) is 17.8 Å². The number of imidazole rings is 1. The van der Waals surface area contributed by atoms with E-state index in [9.17, 15) is 0 Å². The maximum atomic E-state index is 5.47. The maximum Gasteiger partial charge on any atom is 0.231 e. The van der Waals surface area contributed by atoms with Gasteiger partial charge in [0.05, 0.1) is 19.5 Å². The number of aromatic nitrogens is 4. The number of nitrogens with zero attached hydrogens (tertiary/aromatic N) is 5. The second kappa shape index (κ2) is 10.7. The molecule has 0 radical (unpaired) electrons. The van der Waals surface area contributed by atoms with Gasteiger partial charge in [0.15, 0.2) is 11.5 Å². The minimum atomic E-state index is 0.514. The zero-order chi connectivity index (χ0) is 24.9. The highest BCUT2D eigenvalue weighted by molar-refractivity contribution is 5.84. The molecule has 8 heteroatoms. The Balaban J connectivity index is 1.31. The molecule has 186 valence electrons. The largest absolute Gasteiger partial charge is 0.378 e. The van der Waals surface area contributed by atoms with Gasteiger partial charge in [-0.15, -0.1) is 0 Å². The number of rotatable bonds is 8. The van der Waals surface area contributed by atoms with Gasteiger partial charge in [-0.3, -0.25) is 0 Å². The van der Waals surface area contributed by atoms with Crippen LogP contribution in [0.3, 0.4) is 0 Å². The number of fused-ring (bicyclic) bond motifs is 1. The molecule has 1 saturated heterocycles. The molecule has 0 atom stereocenters. The van der Waals surface area contributed by atoms with Gasteiger partial charge >= 0.3 is 0 Å². The topological polar surface area (TPSA) is 82.2 Å². The van der Waals surface area contributed by atoms with Crippen LogP contribution in [0.25, 0.3) is 11.2 Å². The normalized spacial score (nSPS) is 13.6. The van der Waals surface area contributed by atoms with Crippen LogP contribution in [0.5, 0.6) is 0 Å². The van der Waals surface area contributed by atoms with E-state index in [1.165, 1.54) is 16.8 Å². The summed E-state index contributed by atoms with van der Waals surface area (Å²) in [6.07, 6.45) is 1.67. The first-order valence-electron chi connectivity index (χ1n) is 12.6. The summed E-state index contributed by atoms with van der Waals surface area (Å²) in [5, 5.41) is 3.39. The standard InChI is InChI=1S/C29H29N7O/c1-3-7-22(8-4-1)19-36(20-23-9-5-2-6-10-23)28-26-27(31-21-30-26)33-29(34-28)32-24-11-13-25(14-12-24)35-15-17-37-18-16-35/h1-14,21H,15-20H2,(H2,30,31,32,33,34). The average Bonchev–Trinajstić information content (AvgIpc) is 3.43. The Morgan fingerprint density at radius 3 is 2.11 bits per heavy atom. The molecule has 0 bridgehead atoms. The van der Waals surface area contributed by atoms with Crippen LogP contribution >= 0.6 is 0 Å². The number of hydrogen-bond donors (Lipinski definition) is 2. The van der Waals surface area contributed by atoms with E-state index >= 15 is 0 Å². The van der Waals surface area contributed by atoms with Gasteiger partial charge in [0.1, 0.15) is 5.52 Å². The Bertz CT molecular complexity index is 1390. The Kier molecular flexibility index (Phi) is 6.64. The highest BCUT2D eigenvalue weighted by atomic mass is 16.5. The summed E-state index contributed by atoms with van der Waals surface area (Å²) in [4.78, 5) is 22.0. The third kappa shape index (κ3) is 5.39. The monoisotopic (exact) mass is 491 g/mol. The molecule has 8 nitrogen and oxygen atoms in total. The number of ether oxygens (including phenoxy) is 1. The molecule has 0 amide bonds. The van der Waals surface area contributed by atoms with Crippen LogP contribution in [0.15, 0.2) is 91.3 Å². The van der Waals surface area contributed by atoms with E-state index in [-0.39, 0.29) is 0 Å². The number of hydrogen-bond acceptors (Lipinski definition) is 7. The fourth-order valence-electron chi connectivity index (χ4n) is 4.62. The molecule has 0 unspecified atom stereocenters. The van der Waals surface area contributed by atoms with Crippen LogP contribution < -0.4 is 15.1 Å². The van der Waals surface area contributed by atoms with E-state index in [0.717, 1.165) is 43.3 Å². The zero-order valence-electron chi connectivity index (χ0n) is 20.5. The van der Waals surface area contributed by atoms with E-state index in [2.05, 4.69) is 103 Å². The first-order valence-corrected chi connectivity index (χ1v) is 12.6. The third-order valence-electron chi connectivity index (χ3n) is 6.50. The van der Waals surface area contributed by atoms with Crippen molar-refractivity contribution in [2.24, 2.45) is 0 Å². The number of benzene rings is 3. The highest BCUT2D eigenvalue weighted by Gasteiger charge is 2.18. The smallest absolute Gasteiger partial charge is 0.231 e. The Morgan fingerprint density at radius 1 is 0.811 bits per heavy atom. The number of aromatic amines is 1. The van der Waals surface area contributed by atoms with Crippen molar-refractivity contribution in [2.75, 3.05) is 41.4 Å². The molecular weight excluding hydrogens is 462 g/mol. The lowest BCUT2D eigenvalue weighted by molar-refractivity contribution is 0.122. The predicted octanol–water partition coefficient (Wildman–Crippen LogP) is 5.14. The molecule has 0 saturated carbocycles. The molecule has 1 fully saturated rings. The molecule has 2 aromatic heterocycles. The molecular formula is C29H29N7O. The van der Waals surface area contributed by atoms with Crippen LogP contribution in [-0.4, -0.2) is 46.2 Å². The minimum Gasteiger partial charge on any atom is -0.378 e. The molecule has 1 aliphatic heterocycles. The lowest BCUT2D eigenvalue weighted by Gasteiger charge is -2.29. The van der Waals surface area contributed by atoms with E-state index in [4.69, 9.17) is 9.72 Å². The summed E-state index contributed by atoms with van der Waals surface area (Å²) < 4.78 is 5.47. The summed E-state index contributed by atoms with van der Waals surface area (Å²) in [7, 11) is 0. The van der Waals surface area contributed by atoms with Gasteiger partial charge < -0.3 is 24.8 Å². The van der Waals surface area contributed by atoms with Crippen LogP contribution in [0, 0.1) is 0 Å². The van der Waals surface area contributed by atoms with Crippen molar-refractivity contribution in [3.05, 3.63) is 102 Å². The van der Waals surface area contributed by atoms with Gasteiger partial charge in [-0.25, -0.2) is 4.98 Å². The molecule has 1 aliphatic rings.